The van der Waals surface area contributed by atoms with E-state index in [0.29, 0.717) is 36.8 Å². The van der Waals surface area contributed by atoms with Gasteiger partial charge in [0.15, 0.2) is 0 Å². The van der Waals surface area contributed by atoms with Crippen LogP contribution in [0, 0.1) is 0 Å². The zero-order valence-electron chi connectivity index (χ0n) is 18.0. The Morgan fingerprint density at radius 2 is 1.84 bits per heavy atom. The number of thioether (sulfide) groups is 1. The van der Waals surface area contributed by atoms with E-state index < -0.39 is 10.0 Å². The summed E-state index contributed by atoms with van der Waals surface area (Å²) in [5, 5.41) is 10.2. The SMILES string of the molecule is CCCNC(=O)Cn1nc2c(c1NC(=O)c1ccc(S(=O)(=O)N3CCCC3)cc1)CSC2. The zero-order valence-corrected chi connectivity index (χ0v) is 19.6. The van der Waals surface area contributed by atoms with E-state index in [4.69, 9.17) is 0 Å². The molecule has 0 radical (unpaired) electrons. The molecule has 0 bridgehead atoms. The Balaban J connectivity index is 1.51. The number of fused-ring (bicyclic) bond motifs is 1. The minimum atomic E-state index is -3.53. The van der Waals surface area contributed by atoms with Crippen LogP contribution in [0.5, 0.6) is 0 Å². The van der Waals surface area contributed by atoms with Gasteiger partial charge in [-0.2, -0.15) is 21.2 Å². The van der Waals surface area contributed by atoms with Gasteiger partial charge in [0.1, 0.15) is 12.4 Å². The van der Waals surface area contributed by atoms with E-state index in [9.17, 15) is 18.0 Å². The lowest BCUT2D eigenvalue weighted by Crippen LogP contribution is -2.29. The third-order valence-corrected chi connectivity index (χ3v) is 8.42. The number of nitrogens with zero attached hydrogens (tertiary/aromatic N) is 3. The van der Waals surface area contributed by atoms with E-state index in [2.05, 4.69) is 15.7 Å². The minimum Gasteiger partial charge on any atom is -0.355 e. The highest BCUT2D eigenvalue weighted by atomic mass is 32.2. The van der Waals surface area contributed by atoms with Gasteiger partial charge in [-0.05, 0) is 43.5 Å². The summed E-state index contributed by atoms with van der Waals surface area (Å²) in [6, 6.07) is 5.97. The molecule has 0 atom stereocenters. The van der Waals surface area contributed by atoms with Crippen LogP contribution in [0.4, 0.5) is 5.82 Å². The second kappa shape index (κ2) is 9.63. The highest BCUT2D eigenvalue weighted by Crippen LogP contribution is 2.35. The Kier molecular flexibility index (Phi) is 6.87. The quantitative estimate of drug-likeness (QED) is 0.603. The van der Waals surface area contributed by atoms with E-state index in [1.807, 2.05) is 6.92 Å². The number of amides is 2. The van der Waals surface area contributed by atoms with Crippen LogP contribution in [0.15, 0.2) is 29.2 Å². The van der Waals surface area contributed by atoms with E-state index >= 15 is 0 Å². The maximum Gasteiger partial charge on any atom is 0.256 e. The molecule has 2 aliphatic rings. The summed E-state index contributed by atoms with van der Waals surface area (Å²) in [6.45, 7) is 3.66. The molecule has 2 N–H and O–H groups in total. The lowest BCUT2D eigenvalue weighted by molar-refractivity contribution is -0.121. The first-order chi connectivity index (χ1) is 15.4. The molecule has 4 rings (SSSR count). The fourth-order valence-electron chi connectivity index (χ4n) is 3.81. The molecule has 0 aliphatic carbocycles. The minimum absolute atomic E-state index is 0.0281. The molecule has 9 nitrogen and oxygen atoms in total. The van der Waals surface area contributed by atoms with Crippen molar-refractivity contribution in [2.45, 2.75) is 49.1 Å². The van der Waals surface area contributed by atoms with Gasteiger partial charge in [-0.1, -0.05) is 6.92 Å². The lowest BCUT2D eigenvalue weighted by atomic mass is 10.2. The smallest absolute Gasteiger partial charge is 0.256 e. The number of hydrogen-bond donors (Lipinski definition) is 2. The molecule has 2 aromatic rings. The molecule has 2 amide bonds. The van der Waals surface area contributed by atoms with Gasteiger partial charge in [0, 0.05) is 42.3 Å². The Morgan fingerprint density at radius 1 is 1.12 bits per heavy atom. The molecule has 0 spiro atoms. The molecule has 1 aromatic carbocycles. The number of aromatic nitrogens is 2. The highest BCUT2D eigenvalue weighted by Gasteiger charge is 2.28. The topological polar surface area (TPSA) is 113 Å². The van der Waals surface area contributed by atoms with Gasteiger partial charge < -0.3 is 10.6 Å². The molecule has 2 aliphatic heterocycles. The van der Waals surface area contributed by atoms with E-state index in [-0.39, 0.29) is 23.3 Å². The number of hydrogen-bond acceptors (Lipinski definition) is 6. The van der Waals surface area contributed by atoms with Crippen LogP contribution in [0.1, 0.15) is 47.8 Å². The van der Waals surface area contributed by atoms with Gasteiger partial charge in [0.25, 0.3) is 5.91 Å². The van der Waals surface area contributed by atoms with Gasteiger partial charge in [-0.15, -0.1) is 0 Å². The summed E-state index contributed by atoms with van der Waals surface area (Å²) in [5.41, 5.74) is 2.15. The molecule has 1 saturated heterocycles. The average molecular weight is 478 g/mol. The summed E-state index contributed by atoms with van der Waals surface area (Å²) in [6.07, 6.45) is 2.57. The second-order valence-electron chi connectivity index (χ2n) is 7.86. The van der Waals surface area contributed by atoms with Gasteiger partial charge in [0.05, 0.1) is 10.6 Å². The zero-order chi connectivity index (χ0) is 22.7. The van der Waals surface area contributed by atoms with Crippen LogP contribution in [0.3, 0.4) is 0 Å². The molecule has 11 heteroatoms. The van der Waals surface area contributed by atoms with Crippen molar-refractivity contribution in [3.8, 4) is 0 Å². The maximum atomic E-state index is 12.9. The summed E-state index contributed by atoms with van der Waals surface area (Å²) in [5.74, 6) is 1.45. The van der Waals surface area contributed by atoms with Crippen molar-refractivity contribution in [1.82, 2.24) is 19.4 Å². The molecular formula is C21H27N5O4S2. The lowest BCUT2D eigenvalue weighted by Gasteiger charge is -2.15. The van der Waals surface area contributed by atoms with Crippen molar-refractivity contribution < 1.29 is 18.0 Å². The molecule has 172 valence electrons. The Bertz CT molecular complexity index is 1110. The van der Waals surface area contributed by atoms with Gasteiger partial charge in [-0.3, -0.25) is 9.59 Å². The number of anilines is 1. The summed E-state index contributed by atoms with van der Waals surface area (Å²) in [7, 11) is -3.53. The Labute approximate surface area is 192 Å². The molecule has 0 unspecified atom stereocenters. The Hall–Kier alpha value is -2.37. The standard InChI is InChI=1S/C21H27N5O4S2/c1-2-9-22-19(27)12-26-20(17-13-31-14-18(17)24-26)23-21(28)15-5-7-16(8-6-15)32(29,30)25-10-3-4-11-25/h5-8H,2-4,9-14H2,1H3,(H,22,27)(H,23,28). The van der Waals surface area contributed by atoms with E-state index in [1.165, 1.54) is 28.6 Å². The van der Waals surface area contributed by atoms with Gasteiger partial charge >= 0.3 is 0 Å². The number of carbonyl (C=O) groups excluding carboxylic acids is 2. The summed E-state index contributed by atoms with van der Waals surface area (Å²) in [4.78, 5) is 25.3. The summed E-state index contributed by atoms with van der Waals surface area (Å²) < 4.78 is 28.4. The molecule has 32 heavy (non-hydrogen) atoms. The van der Waals surface area contributed by atoms with Crippen LogP contribution in [0.25, 0.3) is 0 Å². The average Bonchev–Trinajstić information content (AvgIpc) is 3.52. The van der Waals surface area contributed by atoms with Crippen LogP contribution < -0.4 is 10.6 Å². The number of benzene rings is 1. The molecule has 1 fully saturated rings. The normalized spacial score (nSPS) is 16.2. The van der Waals surface area contributed by atoms with E-state index in [1.54, 1.807) is 16.4 Å². The fraction of sp³-hybridized carbons (Fsp3) is 0.476. The van der Waals surface area contributed by atoms with Crippen molar-refractivity contribution >= 4 is 39.4 Å². The number of carbonyl (C=O) groups is 2. The van der Waals surface area contributed by atoms with Crippen LogP contribution >= 0.6 is 11.8 Å². The first kappa shape index (κ1) is 22.8. The summed E-state index contributed by atoms with van der Waals surface area (Å²) >= 11 is 1.71. The first-order valence-electron chi connectivity index (χ1n) is 10.7. The van der Waals surface area contributed by atoms with E-state index in [0.717, 1.165) is 36.3 Å². The Morgan fingerprint density at radius 3 is 2.53 bits per heavy atom. The van der Waals surface area contributed by atoms with Gasteiger partial charge in [-0.25, -0.2) is 13.1 Å². The fourth-order valence-corrected chi connectivity index (χ4v) is 6.36. The third kappa shape index (κ3) is 4.69. The maximum absolute atomic E-state index is 12.9. The predicted molar refractivity (Wildman–Crippen MR) is 123 cm³/mol. The third-order valence-electron chi connectivity index (χ3n) is 5.54. The number of sulfonamides is 1. The van der Waals surface area contributed by atoms with Crippen molar-refractivity contribution in [3.63, 3.8) is 0 Å². The van der Waals surface area contributed by atoms with Crippen molar-refractivity contribution in [2.75, 3.05) is 25.0 Å². The van der Waals surface area contributed by atoms with Crippen molar-refractivity contribution in [1.29, 1.82) is 0 Å². The molecule has 1 aromatic heterocycles. The molecule has 0 saturated carbocycles. The number of nitrogens with one attached hydrogen (secondary N) is 2. The first-order valence-corrected chi connectivity index (χ1v) is 13.3. The predicted octanol–water partition coefficient (Wildman–Crippen LogP) is 2.19. The van der Waals surface area contributed by atoms with Crippen LogP contribution in [0.2, 0.25) is 0 Å². The number of rotatable bonds is 8. The van der Waals surface area contributed by atoms with Crippen LogP contribution in [-0.4, -0.2) is 54.0 Å². The largest absolute Gasteiger partial charge is 0.355 e. The molecular weight excluding hydrogens is 450 g/mol. The monoisotopic (exact) mass is 477 g/mol. The highest BCUT2D eigenvalue weighted by molar-refractivity contribution is 7.98. The van der Waals surface area contributed by atoms with Crippen molar-refractivity contribution in [2.24, 2.45) is 0 Å². The van der Waals surface area contributed by atoms with Gasteiger partial charge in [0.2, 0.25) is 15.9 Å². The van der Waals surface area contributed by atoms with Crippen molar-refractivity contribution in [3.05, 3.63) is 41.1 Å². The molecule has 3 heterocycles. The van der Waals surface area contributed by atoms with Crippen LogP contribution in [-0.2, 0) is 32.9 Å². The second-order valence-corrected chi connectivity index (χ2v) is 10.8.